The zero-order valence-corrected chi connectivity index (χ0v) is 15.5. The van der Waals surface area contributed by atoms with E-state index in [1.165, 1.54) is 0 Å². The van der Waals surface area contributed by atoms with Gasteiger partial charge in [-0.05, 0) is 11.5 Å². The third-order valence-electron chi connectivity index (χ3n) is 4.64. The van der Waals surface area contributed by atoms with Gasteiger partial charge in [-0.1, -0.05) is 37.3 Å². The molecule has 0 aliphatic heterocycles. The predicted octanol–water partition coefficient (Wildman–Crippen LogP) is 2.83. The molecule has 0 aliphatic rings. The Kier molecular flexibility index (Phi) is 4.23. The normalized spacial score (nSPS) is 12.4. The fourth-order valence-electron chi connectivity index (χ4n) is 3.21. The van der Waals surface area contributed by atoms with Gasteiger partial charge in [-0.25, -0.2) is 4.68 Å². The van der Waals surface area contributed by atoms with Crippen LogP contribution in [0, 0.1) is 0 Å². The van der Waals surface area contributed by atoms with Crippen LogP contribution in [0.15, 0.2) is 42.7 Å². The van der Waals surface area contributed by atoms with Crippen molar-refractivity contribution in [2.45, 2.75) is 19.3 Å². The molecule has 0 saturated carbocycles. The summed E-state index contributed by atoms with van der Waals surface area (Å²) in [4.78, 5) is 12.6. The van der Waals surface area contributed by atoms with Crippen LogP contribution in [-0.4, -0.2) is 35.7 Å². The smallest absolute Gasteiger partial charge is 0.226 e. The molecule has 0 fully saturated rings. The first-order valence-electron chi connectivity index (χ1n) is 8.78. The highest BCUT2D eigenvalue weighted by atomic mass is 16.1. The van der Waals surface area contributed by atoms with Crippen LogP contribution in [0.5, 0.6) is 0 Å². The number of aryl methyl sites for hydroxylation is 2. The highest BCUT2D eigenvalue weighted by Crippen LogP contribution is 2.31. The third-order valence-corrected chi connectivity index (χ3v) is 4.64. The molecule has 4 rings (SSSR count). The van der Waals surface area contributed by atoms with Gasteiger partial charge < -0.3 is 5.32 Å². The molecular formula is C19H21N7O. The molecule has 1 atom stereocenters. The number of H-pyrrole nitrogens is 1. The van der Waals surface area contributed by atoms with Crippen LogP contribution >= 0.6 is 0 Å². The number of benzene rings is 1. The second kappa shape index (κ2) is 6.71. The van der Waals surface area contributed by atoms with E-state index in [9.17, 15) is 4.79 Å². The van der Waals surface area contributed by atoms with Gasteiger partial charge in [-0.15, -0.1) is 0 Å². The first kappa shape index (κ1) is 17.0. The Hall–Kier alpha value is -3.42. The molecule has 4 aromatic rings. The van der Waals surface area contributed by atoms with E-state index in [0.717, 1.165) is 22.2 Å². The van der Waals surface area contributed by atoms with Crippen LogP contribution in [0.1, 0.15) is 24.8 Å². The summed E-state index contributed by atoms with van der Waals surface area (Å²) in [5.41, 5.74) is 3.50. The minimum absolute atomic E-state index is 0.0691. The van der Waals surface area contributed by atoms with Gasteiger partial charge in [0.15, 0.2) is 5.65 Å². The Morgan fingerprint density at radius 1 is 1.26 bits per heavy atom. The van der Waals surface area contributed by atoms with E-state index >= 15 is 0 Å². The Labute approximate surface area is 156 Å². The molecule has 3 aromatic heterocycles. The van der Waals surface area contributed by atoms with Crippen LogP contribution in [0.25, 0.3) is 22.3 Å². The zero-order chi connectivity index (χ0) is 19.0. The molecule has 27 heavy (non-hydrogen) atoms. The number of aromatic nitrogens is 6. The van der Waals surface area contributed by atoms with Gasteiger partial charge in [0.05, 0.1) is 11.6 Å². The number of carbonyl (C=O) groups is 1. The van der Waals surface area contributed by atoms with Crippen molar-refractivity contribution in [1.82, 2.24) is 29.8 Å². The van der Waals surface area contributed by atoms with Crippen molar-refractivity contribution >= 4 is 22.8 Å². The molecule has 0 saturated heterocycles. The van der Waals surface area contributed by atoms with Gasteiger partial charge in [0.1, 0.15) is 11.5 Å². The molecule has 138 valence electrons. The predicted molar refractivity (Wildman–Crippen MR) is 103 cm³/mol. The monoisotopic (exact) mass is 363 g/mol. The average Bonchev–Trinajstić information content (AvgIpc) is 3.34. The highest BCUT2D eigenvalue weighted by molar-refractivity contribution is 6.05. The van der Waals surface area contributed by atoms with Gasteiger partial charge in [0, 0.05) is 32.3 Å². The maximum atomic E-state index is 12.6. The van der Waals surface area contributed by atoms with Crippen molar-refractivity contribution in [1.29, 1.82) is 0 Å². The van der Waals surface area contributed by atoms with Crippen LogP contribution in [0.2, 0.25) is 0 Å². The Balaban J connectivity index is 1.60. The molecule has 1 amide bonds. The standard InChI is InChI=1S/C19H21N7O/c1-12(14-10-20-25(2)11-14)9-15(27)21-18-16-17(13-7-5-4-6-8-13)24-26(3)19(16)23-22-18/h4-8,10-12H,9H2,1-3H3,(H2,21,22,23,27). The van der Waals surface area contributed by atoms with E-state index in [-0.39, 0.29) is 11.8 Å². The topological polar surface area (TPSA) is 93.4 Å². The van der Waals surface area contributed by atoms with Crippen LogP contribution < -0.4 is 5.32 Å². The van der Waals surface area contributed by atoms with E-state index in [0.29, 0.717) is 17.9 Å². The van der Waals surface area contributed by atoms with Gasteiger partial charge in [0.25, 0.3) is 0 Å². The van der Waals surface area contributed by atoms with Crippen molar-refractivity contribution in [2.24, 2.45) is 14.1 Å². The van der Waals surface area contributed by atoms with E-state index in [4.69, 9.17) is 0 Å². The number of nitrogens with zero attached hydrogens (tertiary/aromatic N) is 5. The average molecular weight is 363 g/mol. The van der Waals surface area contributed by atoms with Gasteiger partial charge >= 0.3 is 0 Å². The lowest BCUT2D eigenvalue weighted by molar-refractivity contribution is -0.116. The maximum absolute atomic E-state index is 12.6. The van der Waals surface area contributed by atoms with Crippen LogP contribution in [0.4, 0.5) is 5.82 Å². The Morgan fingerprint density at radius 3 is 2.74 bits per heavy atom. The second-order valence-electron chi connectivity index (χ2n) is 6.74. The maximum Gasteiger partial charge on any atom is 0.226 e. The molecular weight excluding hydrogens is 342 g/mol. The number of anilines is 1. The van der Waals surface area contributed by atoms with E-state index in [1.54, 1.807) is 15.6 Å². The molecule has 2 N–H and O–H groups in total. The molecule has 0 radical (unpaired) electrons. The van der Waals surface area contributed by atoms with E-state index in [1.807, 2.05) is 57.5 Å². The number of nitrogens with one attached hydrogen (secondary N) is 2. The highest BCUT2D eigenvalue weighted by Gasteiger charge is 2.20. The lowest BCUT2D eigenvalue weighted by atomic mass is 10.0. The number of rotatable bonds is 5. The lowest BCUT2D eigenvalue weighted by Crippen LogP contribution is -2.14. The molecule has 0 bridgehead atoms. The van der Waals surface area contributed by atoms with Crippen molar-refractivity contribution < 1.29 is 4.79 Å². The van der Waals surface area contributed by atoms with Gasteiger partial charge in [0.2, 0.25) is 5.91 Å². The van der Waals surface area contributed by atoms with Crippen molar-refractivity contribution in [3.63, 3.8) is 0 Å². The van der Waals surface area contributed by atoms with E-state index < -0.39 is 0 Å². The Bertz CT molecular complexity index is 1090. The Morgan fingerprint density at radius 2 is 2.04 bits per heavy atom. The summed E-state index contributed by atoms with van der Waals surface area (Å²) in [6.45, 7) is 2.01. The molecule has 8 heteroatoms. The van der Waals surface area contributed by atoms with Crippen molar-refractivity contribution in [3.05, 3.63) is 48.3 Å². The lowest BCUT2D eigenvalue weighted by Gasteiger charge is -2.09. The minimum Gasteiger partial charge on any atom is -0.310 e. The molecule has 0 spiro atoms. The number of amides is 1. The van der Waals surface area contributed by atoms with Crippen LogP contribution in [-0.2, 0) is 18.9 Å². The molecule has 8 nitrogen and oxygen atoms in total. The molecule has 0 aliphatic carbocycles. The van der Waals surface area contributed by atoms with Crippen LogP contribution in [0.3, 0.4) is 0 Å². The number of aromatic amines is 1. The fourth-order valence-corrected chi connectivity index (χ4v) is 3.21. The summed E-state index contributed by atoms with van der Waals surface area (Å²) in [6.07, 6.45) is 4.08. The third kappa shape index (κ3) is 3.21. The van der Waals surface area contributed by atoms with Crippen molar-refractivity contribution in [2.75, 3.05) is 5.32 Å². The first-order valence-corrected chi connectivity index (χ1v) is 8.78. The zero-order valence-electron chi connectivity index (χ0n) is 15.5. The quantitative estimate of drug-likeness (QED) is 0.570. The summed E-state index contributed by atoms with van der Waals surface area (Å²) >= 11 is 0. The van der Waals surface area contributed by atoms with E-state index in [2.05, 4.69) is 25.7 Å². The SMILES string of the molecule is CC(CC(=O)Nc1[nH]nc2c1c(-c1ccccc1)nn2C)c1cnn(C)c1. The molecule has 3 heterocycles. The van der Waals surface area contributed by atoms with Gasteiger partial charge in [-0.3, -0.25) is 14.6 Å². The first-order chi connectivity index (χ1) is 13.0. The van der Waals surface area contributed by atoms with Crippen molar-refractivity contribution in [3.8, 4) is 11.3 Å². The summed E-state index contributed by atoms with van der Waals surface area (Å²) in [5.74, 6) is 0.555. The summed E-state index contributed by atoms with van der Waals surface area (Å²) in [7, 11) is 3.71. The number of fused-ring (bicyclic) bond motifs is 1. The summed E-state index contributed by atoms with van der Waals surface area (Å²) in [6, 6.07) is 9.87. The molecule has 1 aromatic carbocycles. The fraction of sp³-hybridized carbons (Fsp3) is 0.263. The summed E-state index contributed by atoms with van der Waals surface area (Å²) < 4.78 is 3.45. The number of hydrogen-bond donors (Lipinski definition) is 2. The minimum atomic E-state index is -0.0835. The summed E-state index contributed by atoms with van der Waals surface area (Å²) in [5, 5.41) is 19.7. The second-order valence-corrected chi connectivity index (χ2v) is 6.74. The largest absolute Gasteiger partial charge is 0.310 e. The number of carbonyl (C=O) groups excluding carboxylic acids is 1. The van der Waals surface area contributed by atoms with Gasteiger partial charge in [-0.2, -0.15) is 15.3 Å². The number of hydrogen-bond acceptors (Lipinski definition) is 4. The molecule has 1 unspecified atom stereocenters.